The highest BCUT2D eigenvalue weighted by Gasteiger charge is 2.19. The van der Waals surface area contributed by atoms with Gasteiger partial charge in [0, 0.05) is 23.8 Å². The van der Waals surface area contributed by atoms with Crippen LogP contribution in [0.5, 0.6) is 0 Å². The average Bonchev–Trinajstić information content (AvgIpc) is 2.75. The number of aromatic nitrogens is 2. The van der Waals surface area contributed by atoms with Crippen LogP contribution in [0.1, 0.15) is 16.7 Å². The number of benzene rings is 3. The van der Waals surface area contributed by atoms with E-state index in [1.165, 1.54) is 13.2 Å². The number of nitrogens with one attached hydrogen (secondary N) is 1. The summed E-state index contributed by atoms with van der Waals surface area (Å²) in [4.78, 5) is 28.1. The molecule has 7 heteroatoms. The Labute approximate surface area is 175 Å². The van der Waals surface area contributed by atoms with Crippen molar-refractivity contribution >= 4 is 10.9 Å². The van der Waals surface area contributed by atoms with Crippen molar-refractivity contribution in [3.8, 4) is 17.5 Å². The van der Waals surface area contributed by atoms with Gasteiger partial charge < -0.3 is 9.72 Å². The molecular formula is C24H16F2N2O3. The molecule has 154 valence electrons. The lowest BCUT2D eigenvalue weighted by Crippen LogP contribution is -2.35. The molecule has 0 spiro atoms. The van der Waals surface area contributed by atoms with Crippen LogP contribution in [0.25, 0.3) is 16.6 Å². The van der Waals surface area contributed by atoms with Crippen molar-refractivity contribution in [2.45, 2.75) is 6.61 Å². The van der Waals surface area contributed by atoms with Crippen molar-refractivity contribution in [3.63, 3.8) is 0 Å². The molecule has 0 fully saturated rings. The van der Waals surface area contributed by atoms with E-state index < -0.39 is 28.6 Å². The highest BCUT2D eigenvalue weighted by molar-refractivity contribution is 5.81. The third kappa shape index (κ3) is 3.89. The Hall–Kier alpha value is -4.02. The summed E-state index contributed by atoms with van der Waals surface area (Å²) in [6.07, 6.45) is 0. The third-order valence-electron chi connectivity index (χ3n) is 4.68. The van der Waals surface area contributed by atoms with E-state index in [0.29, 0.717) is 15.7 Å². The van der Waals surface area contributed by atoms with Gasteiger partial charge in [-0.1, -0.05) is 42.2 Å². The number of hydrogen-bond donors (Lipinski definition) is 1. The summed E-state index contributed by atoms with van der Waals surface area (Å²) in [5.74, 6) is 3.35. The minimum absolute atomic E-state index is 0.0789. The molecule has 0 aliphatic rings. The number of aromatic amines is 1. The Balaban J connectivity index is 1.86. The summed E-state index contributed by atoms with van der Waals surface area (Å²) in [6, 6.07) is 15.7. The number of fused-ring (bicyclic) bond motifs is 1. The van der Waals surface area contributed by atoms with Gasteiger partial charge in [0.1, 0.15) is 5.69 Å². The first-order valence-corrected chi connectivity index (χ1v) is 9.32. The van der Waals surface area contributed by atoms with E-state index in [0.717, 1.165) is 12.1 Å². The second kappa shape index (κ2) is 8.38. The summed E-state index contributed by atoms with van der Waals surface area (Å²) in [7, 11) is 1.48. The van der Waals surface area contributed by atoms with Gasteiger partial charge in [-0.05, 0) is 30.3 Å². The fourth-order valence-electron chi connectivity index (χ4n) is 3.30. The smallest absolute Gasteiger partial charge is 0.333 e. The van der Waals surface area contributed by atoms with Gasteiger partial charge in [-0.25, -0.2) is 18.1 Å². The standard InChI is InChI=1S/C24H16F2N2O3/c1-31-14-17-8-5-9-18-21(17)27-24(30)28(23(18)29)22-19(25)12-16(13-20(22)26)11-10-15-6-3-2-4-7-15/h2-9,12-13H,14H2,1H3,(H,27,30). The van der Waals surface area contributed by atoms with E-state index in [-0.39, 0.29) is 23.1 Å². The van der Waals surface area contributed by atoms with E-state index >= 15 is 0 Å². The molecule has 1 heterocycles. The zero-order valence-corrected chi connectivity index (χ0v) is 16.4. The second-order valence-corrected chi connectivity index (χ2v) is 6.75. The van der Waals surface area contributed by atoms with E-state index in [4.69, 9.17) is 4.74 Å². The first-order valence-electron chi connectivity index (χ1n) is 9.32. The number of H-pyrrole nitrogens is 1. The Morgan fingerprint density at radius 2 is 1.61 bits per heavy atom. The van der Waals surface area contributed by atoms with E-state index in [9.17, 15) is 18.4 Å². The molecular weight excluding hydrogens is 402 g/mol. The van der Waals surface area contributed by atoms with Crippen LogP contribution in [-0.4, -0.2) is 16.7 Å². The largest absolute Gasteiger partial charge is 0.380 e. The summed E-state index contributed by atoms with van der Waals surface area (Å²) < 4.78 is 35.2. The molecule has 0 aliphatic heterocycles. The van der Waals surface area contributed by atoms with Crippen LogP contribution >= 0.6 is 0 Å². The molecule has 0 aliphatic carbocycles. The summed E-state index contributed by atoms with van der Waals surface area (Å²) in [5.41, 5.74) is -0.942. The van der Waals surface area contributed by atoms with Gasteiger partial charge in [0.15, 0.2) is 11.6 Å². The lowest BCUT2D eigenvalue weighted by molar-refractivity contribution is 0.186. The average molecular weight is 418 g/mol. The predicted molar refractivity (Wildman–Crippen MR) is 113 cm³/mol. The lowest BCUT2D eigenvalue weighted by Gasteiger charge is -2.11. The van der Waals surface area contributed by atoms with Gasteiger partial charge in [-0.3, -0.25) is 4.79 Å². The van der Waals surface area contributed by atoms with E-state index in [2.05, 4.69) is 16.8 Å². The Morgan fingerprint density at radius 1 is 0.935 bits per heavy atom. The molecule has 0 bridgehead atoms. The molecule has 31 heavy (non-hydrogen) atoms. The predicted octanol–water partition coefficient (Wildman–Crippen LogP) is 3.50. The van der Waals surface area contributed by atoms with Crippen LogP contribution in [0.15, 0.2) is 70.3 Å². The summed E-state index contributed by atoms with van der Waals surface area (Å²) in [6.45, 7) is 0.161. The maximum Gasteiger partial charge on any atom is 0.333 e. The maximum atomic E-state index is 14.8. The van der Waals surface area contributed by atoms with Crippen molar-refractivity contribution in [2.24, 2.45) is 0 Å². The quantitative estimate of drug-likeness (QED) is 0.518. The van der Waals surface area contributed by atoms with Crippen molar-refractivity contribution in [1.82, 2.24) is 9.55 Å². The van der Waals surface area contributed by atoms with Crippen molar-refractivity contribution in [3.05, 3.63) is 110 Å². The highest BCUT2D eigenvalue weighted by atomic mass is 19.1. The molecule has 0 unspecified atom stereocenters. The van der Waals surface area contributed by atoms with Crippen LogP contribution in [-0.2, 0) is 11.3 Å². The number of methoxy groups -OCH3 is 1. The molecule has 0 saturated carbocycles. The van der Waals surface area contributed by atoms with Gasteiger partial charge in [0.2, 0.25) is 0 Å². The van der Waals surface area contributed by atoms with Gasteiger partial charge in [0.25, 0.3) is 5.56 Å². The molecule has 1 N–H and O–H groups in total. The maximum absolute atomic E-state index is 14.8. The first kappa shape index (κ1) is 20.3. The van der Waals surface area contributed by atoms with Crippen LogP contribution in [0.4, 0.5) is 8.78 Å². The number of para-hydroxylation sites is 1. The minimum Gasteiger partial charge on any atom is -0.380 e. The summed E-state index contributed by atoms with van der Waals surface area (Å²) >= 11 is 0. The van der Waals surface area contributed by atoms with Crippen LogP contribution in [0.2, 0.25) is 0 Å². The SMILES string of the molecule is COCc1cccc2c(=O)n(-c3c(F)cc(C#Cc4ccccc4)cc3F)c(=O)[nH]c12. The Kier molecular flexibility index (Phi) is 5.48. The molecule has 1 aromatic heterocycles. The fraction of sp³-hybridized carbons (Fsp3) is 0.0833. The van der Waals surface area contributed by atoms with Crippen molar-refractivity contribution in [2.75, 3.05) is 7.11 Å². The van der Waals surface area contributed by atoms with Gasteiger partial charge in [0.05, 0.1) is 17.5 Å². The molecule has 0 atom stereocenters. The molecule has 4 aromatic rings. The molecule has 4 rings (SSSR count). The van der Waals surface area contributed by atoms with Crippen molar-refractivity contribution in [1.29, 1.82) is 0 Å². The number of hydrogen-bond acceptors (Lipinski definition) is 3. The number of rotatable bonds is 3. The normalized spacial score (nSPS) is 10.7. The van der Waals surface area contributed by atoms with Crippen LogP contribution in [0, 0.1) is 23.5 Å². The monoisotopic (exact) mass is 418 g/mol. The van der Waals surface area contributed by atoms with E-state index in [1.807, 2.05) is 6.07 Å². The van der Waals surface area contributed by atoms with Gasteiger partial charge in [-0.15, -0.1) is 0 Å². The Bertz CT molecular complexity index is 1440. The highest BCUT2D eigenvalue weighted by Crippen LogP contribution is 2.19. The fourth-order valence-corrected chi connectivity index (χ4v) is 3.30. The Morgan fingerprint density at radius 3 is 2.29 bits per heavy atom. The number of halogens is 2. The van der Waals surface area contributed by atoms with Crippen LogP contribution < -0.4 is 11.2 Å². The van der Waals surface area contributed by atoms with Crippen molar-refractivity contribution < 1.29 is 13.5 Å². The lowest BCUT2D eigenvalue weighted by atomic mass is 10.1. The second-order valence-electron chi connectivity index (χ2n) is 6.75. The molecule has 0 amide bonds. The zero-order chi connectivity index (χ0) is 22.0. The van der Waals surface area contributed by atoms with Crippen LogP contribution in [0.3, 0.4) is 0 Å². The molecule has 0 saturated heterocycles. The number of nitrogens with zero attached hydrogens (tertiary/aromatic N) is 1. The molecule has 5 nitrogen and oxygen atoms in total. The first-order chi connectivity index (χ1) is 15.0. The third-order valence-corrected chi connectivity index (χ3v) is 4.68. The summed E-state index contributed by atoms with van der Waals surface area (Å²) in [5, 5.41) is 0.112. The van der Waals surface area contributed by atoms with Gasteiger partial charge in [-0.2, -0.15) is 0 Å². The minimum atomic E-state index is -1.07. The molecule has 0 radical (unpaired) electrons. The number of ether oxygens (including phenoxy) is 1. The zero-order valence-electron chi connectivity index (χ0n) is 16.4. The van der Waals surface area contributed by atoms with E-state index in [1.54, 1.807) is 36.4 Å². The van der Waals surface area contributed by atoms with Gasteiger partial charge >= 0.3 is 5.69 Å². The topological polar surface area (TPSA) is 64.1 Å². The molecule has 3 aromatic carbocycles.